The number of amides is 1. The van der Waals surface area contributed by atoms with Gasteiger partial charge >= 0.3 is 6.18 Å². The first-order chi connectivity index (χ1) is 7.84. The zero-order valence-electron chi connectivity index (χ0n) is 8.81. The molecule has 1 N–H and O–H groups in total. The minimum atomic E-state index is -4.51. The summed E-state index contributed by atoms with van der Waals surface area (Å²) in [4.78, 5) is 10.9. The molecular formula is C11H9ClF3NO. The van der Waals surface area contributed by atoms with Crippen molar-refractivity contribution in [2.45, 2.75) is 6.18 Å². The van der Waals surface area contributed by atoms with Gasteiger partial charge in [0.05, 0.1) is 10.6 Å². The first-order valence-electron chi connectivity index (χ1n) is 4.61. The highest BCUT2D eigenvalue weighted by atomic mass is 35.5. The van der Waals surface area contributed by atoms with E-state index in [1.165, 1.54) is 19.2 Å². The van der Waals surface area contributed by atoms with Crippen LogP contribution >= 0.6 is 11.6 Å². The van der Waals surface area contributed by atoms with Crippen molar-refractivity contribution in [2.24, 2.45) is 0 Å². The highest BCUT2D eigenvalue weighted by Crippen LogP contribution is 2.35. The Hall–Kier alpha value is -1.49. The van der Waals surface area contributed by atoms with Gasteiger partial charge in [0.25, 0.3) is 0 Å². The quantitative estimate of drug-likeness (QED) is 0.816. The second-order valence-corrected chi connectivity index (χ2v) is 3.59. The molecule has 0 aliphatic rings. The van der Waals surface area contributed by atoms with Crippen molar-refractivity contribution in [3.05, 3.63) is 40.4 Å². The highest BCUT2D eigenvalue weighted by Gasteiger charge is 2.33. The topological polar surface area (TPSA) is 29.1 Å². The normalized spacial score (nSPS) is 11.8. The van der Waals surface area contributed by atoms with Crippen LogP contribution in [0, 0.1) is 0 Å². The predicted molar refractivity (Wildman–Crippen MR) is 59.6 cm³/mol. The molecule has 0 spiro atoms. The number of nitrogens with one attached hydrogen (secondary N) is 1. The van der Waals surface area contributed by atoms with E-state index in [1.807, 2.05) is 0 Å². The van der Waals surface area contributed by atoms with Gasteiger partial charge in [-0.2, -0.15) is 13.2 Å². The fourth-order valence-corrected chi connectivity index (χ4v) is 1.34. The maximum Gasteiger partial charge on any atom is 0.417 e. The number of likely N-dealkylation sites (N-methyl/N-ethyl adjacent to an activating group) is 1. The van der Waals surface area contributed by atoms with E-state index in [9.17, 15) is 18.0 Å². The van der Waals surface area contributed by atoms with Crippen LogP contribution in [0.3, 0.4) is 0 Å². The minimum absolute atomic E-state index is 0.255. The fourth-order valence-electron chi connectivity index (χ4n) is 1.12. The Labute approximate surface area is 101 Å². The molecule has 0 heterocycles. The zero-order chi connectivity index (χ0) is 13.1. The number of hydrogen-bond donors (Lipinski definition) is 1. The van der Waals surface area contributed by atoms with Crippen molar-refractivity contribution in [3.8, 4) is 0 Å². The standard InChI is InChI=1S/C11H9ClF3NO/c1-16-10(17)5-3-7-2-4-9(12)8(6-7)11(13,14)15/h2-6H,1H3,(H,16,17)/b5-3+. The number of benzene rings is 1. The molecule has 0 fully saturated rings. The molecular weight excluding hydrogens is 255 g/mol. The number of rotatable bonds is 2. The summed E-state index contributed by atoms with van der Waals surface area (Å²) in [5.74, 6) is -0.395. The molecule has 1 amide bonds. The molecule has 0 bridgehead atoms. The third-order valence-corrected chi connectivity index (χ3v) is 2.30. The first-order valence-corrected chi connectivity index (χ1v) is 4.99. The molecule has 17 heavy (non-hydrogen) atoms. The molecule has 0 radical (unpaired) electrons. The monoisotopic (exact) mass is 263 g/mol. The lowest BCUT2D eigenvalue weighted by molar-refractivity contribution is -0.137. The van der Waals surface area contributed by atoms with Gasteiger partial charge in [0.2, 0.25) is 5.91 Å². The maximum absolute atomic E-state index is 12.5. The van der Waals surface area contributed by atoms with Crippen LogP contribution in [0.4, 0.5) is 13.2 Å². The van der Waals surface area contributed by atoms with Crippen LogP contribution in [0.2, 0.25) is 5.02 Å². The average Bonchev–Trinajstić information content (AvgIpc) is 2.26. The molecule has 92 valence electrons. The average molecular weight is 264 g/mol. The Bertz CT molecular complexity index is 455. The summed E-state index contributed by atoms with van der Waals surface area (Å²) >= 11 is 5.45. The summed E-state index contributed by atoms with van der Waals surface area (Å²) in [5, 5.41) is 1.95. The van der Waals surface area contributed by atoms with Crippen molar-refractivity contribution in [3.63, 3.8) is 0 Å². The van der Waals surface area contributed by atoms with E-state index >= 15 is 0 Å². The van der Waals surface area contributed by atoms with Crippen LogP contribution in [-0.4, -0.2) is 13.0 Å². The molecule has 0 aliphatic carbocycles. The van der Waals surface area contributed by atoms with Crippen molar-refractivity contribution in [1.29, 1.82) is 0 Å². The van der Waals surface area contributed by atoms with Gasteiger partial charge in [-0.1, -0.05) is 17.7 Å². The summed E-state index contributed by atoms with van der Waals surface area (Å²) in [7, 11) is 1.43. The highest BCUT2D eigenvalue weighted by molar-refractivity contribution is 6.31. The van der Waals surface area contributed by atoms with Crippen LogP contribution in [0.5, 0.6) is 0 Å². The molecule has 0 aliphatic heterocycles. The SMILES string of the molecule is CNC(=O)/C=C/c1ccc(Cl)c(C(F)(F)F)c1. The molecule has 0 aromatic heterocycles. The first kappa shape index (κ1) is 13.6. The van der Waals surface area contributed by atoms with Gasteiger partial charge in [-0.15, -0.1) is 0 Å². The van der Waals surface area contributed by atoms with Gasteiger partial charge in [-0.05, 0) is 23.8 Å². The van der Waals surface area contributed by atoms with Crippen molar-refractivity contribution in [1.82, 2.24) is 5.32 Å². The van der Waals surface area contributed by atoms with Crippen molar-refractivity contribution < 1.29 is 18.0 Å². The van der Waals surface area contributed by atoms with Crippen LogP contribution in [0.15, 0.2) is 24.3 Å². The molecule has 1 aromatic rings. The third kappa shape index (κ3) is 3.78. The second-order valence-electron chi connectivity index (χ2n) is 3.18. The van der Waals surface area contributed by atoms with Gasteiger partial charge in [-0.25, -0.2) is 0 Å². The Morgan fingerprint density at radius 3 is 2.59 bits per heavy atom. The lowest BCUT2D eigenvalue weighted by Crippen LogP contribution is -2.13. The zero-order valence-corrected chi connectivity index (χ0v) is 9.56. The smallest absolute Gasteiger partial charge is 0.356 e. The molecule has 1 aromatic carbocycles. The van der Waals surface area contributed by atoms with Crippen LogP contribution in [0.25, 0.3) is 6.08 Å². The molecule has 0 saturated carbocycles. The number of halogens is 4. The third-order valence-electron chi connectivity index (χ3n) is 1.97. The Balaban J connectivity index is 3.05. The van der Waals surface area contributed by atoms with Crippen molar-refractivity contribution in [2.75, 3.05) is 7.05 Å². The number of carbonyl (C=O) groups excluding carboxylic acids is 1. The van der Waals surface area contributed by atoms with Gasteiger partial charge in [0, 0.05) is 13.1 Å². The van der Waals surface area contributed by atoms with Crippen LogP contribution < -0.4 is 5.32 Å². The number of carbonyl (C=O) groups is 1. The summed E-state index contributed by atoms with van der Waals surface area (Å²) in [5.41, 5.74) is -0.663. The van der Waals surface area contributed by atoms with Gasteiger partial charge in [-0.3, -0.25) is 4.79 Å². The lowest BCUT2D eigenvalue weighted by Gasteiger charge is -2.09. The largest absolute Gasteiger partial charge is 0.417 e. The van der Waals surface area contributed by atoms with E-state index in [1.54, 1.807) is 0 Å². The van der Waals surface area contributed by atoms with Crippen molar-refractivity contribution >= 4 is 23.6 Å². The van der Waals surface area contributed by atoms with E-state index < -0.39 is 17.6 Å². The predicted octanol–water partition coefficient (Wildman–Crippen LogP) is 3.12. The minimum Gasteiger partial charge on any atom is -0.356 e. The van der Waals surface area contributed by atoms with Gasteiger partial charge in [0.1, 0.15) is 0 Å². The van der Waals surface area contributed by atoms with E-state index in [0.29, 0.717) is 0 Å². The van der Waals surface area contributed by atoms with Crippen LogP contribution in [0.1, 0.15) is 11.1 Å². The molecule has 2 nitrogen and oxygen atoms in total. The second kappa shape index (κ2) is 5.23. The summed E-state index contributed by atoms with van der Waals surface area (Å²) in [6, 6.07) is 3.44. The molecule has 0 unspecified atom stereocenters. The van der Waals surface area contributed by atoms with Gasteiger partial charge < -0.3 is 5.32 Å². The summed E-state index contributed by atoms with van der Waals surface area (Å²) < 4.78 is 37.5. The molecule has 0 atom stereocenters. The van der Waals surface area contributed by atoms with Crippen LogP contribution in [-0.2, 0) is 11.0 Å². The number of hydrogen-bond acceptors (Lipinski definition) is 1. The maximum atomic E-state index is 12.5. The Morgan fingerprint density at radius 1 is 1.41 bits per heavy atom. The molecule has 0 saturated heterocycles. The fraction of sp³-hybridized carbons (Fsp3) is 0.182. The Morgan fingerprint density at radius 2 is 2.06 bits per heavy atom. The van der Waals surface area contributed by atoms with E-state index in [2.05, 4.69) is 5.32 Å². The number of alkyl halides is 3. The Kier molecular flexibility index (Phi) is 4.17. The van der Waals surface area contributed by atoms with E-state index in [-0.39, 0.29) is 10.6 Å². The summed E-state index contributed by atoms with van der Waals surface area (Å²) in [6.45, 7) is 0. The van der Waals surface area contributed by atoms with Gasteiger partial charge in [0.15, 0.2) is 0 Å². The molecule has 1 rings (SSSR count). The van der Waals surface area contributed by atoms with E-state index in [4.69, 9.17) is 11.6 Å². The van der Waals surface area contributed by atoms with E-state index in [0.717, 1.165) is 18.2 Å². The lowest BCUT2D eigenvalue weighted by atomic mass is 10.1. The molecule has 6 heteroatoms. The summed E-state index contributed by atoms with van der Waals surface area (Å²) in [6.07, 6.45) is -2.08.